The van der Waals surface area contributed by atoms with Crippen LogP contribution in [0.2, 0.25) is 5.02 Å². The summed E-state index contributed by atoms with van der Waals surface area (Å²) in [4.78, 5) is 15.7. The number of carbonyl (C=O) groups excluding carboxylic acids is 1. The first kappa shape index (κ1) is 13.3. The van der Waals surface area contributed by atoms with Gasteiger partial charge in [0, 0.05) is 12.1 Å². The van der Waals surface area contributed by atoms with Crippen molar-refractivity contribution in [2.75, 3.05) is 13.7 Å². The number of hydrogen-bond acceptors (Lipinski definition) is 5. The van der Waals surface area contributed by atoms with Crippen LogP contribution in [-0.2, 0) is 14.3 Å². The smallest absolute Gasteiger partial charge is 0.332 e. The van der Waals surface area contributed by atoms with E-state index in [1.807, 2.05) is 12.1 Å². The van der Waals surface area contributed by atoms with E-state index < -0.39 is 5.97 Å². The fourth-order valence-corrected chi connectivity index (χ4v) is 2.59. The molecule has 0 fully saturated rings. The highest BCUT2D eigenvalue weighted by atomic mass is 35.5. The van der Waals surface area contributed by atoms with Gasteiger partial charge in [-0.25, -0.2) is 9.78 Å². The Morgan fingerprint density at radius 1 is 1.56 bits per heavy atom. The van der Waals surface area contributed by atoms with Crippen molar-refractivity contribution < 1.29 is 14.3 Å². The van der Waals surface area contributed by atoms with Crippen molar-refractivity contribution in [1.82, 2.24) is 4.98 Å². The highest BCUT2D eigenvalue weighted by Crippen LogP contribution is 2.29. The van der Waals surface area contributed by atoms with Gasteiger partial charge in [0.25, 0.3) is 0 Å². The molecule has 2 rings (SSSR count). The third-order valence-corrected chi connectivity index (χ3v) is 3.72. The van der Waals surface area contributed by atoms with E-state index in [0.29, 0.717) is 5.02 Å². The van der Waals surface area contributed by atoms with E-state index in [2.05, 4.69) is 4.98 Å². The van der Waals surface area contributed by atoms with Gasteiger partial charge in [0.1, 0.15) is 11.6 Å². The van der Waals surface area contributed by atoms with Gasteiger partial charge in [-0.1, -0.05) is 11.6 Å². The number of ether oxygens (including phenoxy) is 2. The molecule has 0 N–H and O–H groups in total. The molecule has 0 bridgehead atoms. The first-order valence-corrected chi connectivity index (χ1v) is 6.54. The van der Waals surface area contributed by atoms with Crippen molar-refractivity contribution in [3.8, 4) is 0 Å². The molecule has 0 aliphatic heterocycles. The molecule has 0 aliphatic carbocycles. The Morgan fingerprint density at radius 3 is 3.06 bits per heavy atom. The number of benzene rings is 1. The van der Waals surface area contributed by atoms with E-state index in [1.165, 1.54) is 18.4 Å². The maximum Gasteiger partial charge on any atom is 0.332 e. The van der Waals surface area contributed by atoms with Gasteiger partial charge in [-0.15, -0.1) is 11.3 Å². The Balaban J connectivity index is 2.17. The maximum atomic E-state index is 11.3. The number of fused-ring (bicyclic) bond motifs is 1. The van der Waals surface area contributed by atoms with Gasteiger partial charge in [0.15, 0.2) is 6.10 Å². The van der Waals surface area contributed by atoms with Crippen LogP contribution in [-0.4, -0.2) is 24.7 Å². The topological polar surface area (TPSA) is 48.4 Å². The summed E-state index contributed by atoms with van der Waals surface area (Å²) < 4.78 is 10.9. The lowest BCUT2D eigenvalue weighted by atomic mass is 10.3. The molecule has 1 aromatic heterocycles. The van der Waals surface area contributed by atoms with Crippen molar-refractivity contribution in [3.05, 3.63) is 28.2 Å². The van der Waals surface area contributed by atoms with Crippen molar-refractivity contribution in [1.29, 1.82) is 0 Å². The second kappa shape index (κ2) is 5.65. The standard InChI is InChI=1S/C12H12ClNO3S/c1-7(17-11(15)6-16-2)12-14-9-5-8(13)3-4-10(9)18-12/h3-5,7H,6H2,1-2H3/t7-/m0/s1. The van der Waals surface area contributed by atoms with Crippen LogP contribution in [0.15, 0.2) is 18.2 Å². The first-order chi connectivity index (χ1) is 8.60. The van der Waals surface area contributed by atoms with Crippen LogP contribution in [0, 0.1) is 0 Å². The van der Waals surface area contributed by atoms with Crippen molar-refractivity contribution in [2.45, 2.75) is 13.0 Å². The molecule has 1 atom stereocenters. The van der Waals surface area contributed by atoms with Gasteiger partial charge in [0.2, 0.25) is 0 Å². The molecule has 0 amide bonds. The maximum absolute atomic E-state index is 11.3. The molecule has 0 spiro atoms. The molecule has 0 saturated heterocycles. The number of esters is 1. The van der Waals surface area contributed by atoms with Crippen LogP contribution < -0.4 is 0 Å². The highest BCUT2D eigenvalue weighted by Gasteiger charge is 2.16. The van der Waals surface area contributed by atoms with E-state index in [0.717, 1.165) is 15.2 Å². The fourth-order valence-electron chi connectivity index (χ4n) is 1.49. The molecule has 0 unspecified atom stereocenters. The number of methoxy groups -OCH3 is 1. The van der Waals surface area contributed by atoms with Crippen molar-refractivity contribution >= 4 is 39.1 Å². The van der Waals surface area contributed by atoms with E-state index in [1.54, 1.807) is 13.0 Å². The summed E-state index contributed by atoms with van der Waals surface area (Å²) in [5.41, 5.74) is 0.817. The number of aromatic nitrogens is 1. The molecule has 2 aromatic rings. The lowest BCUT2D eigenvalue weighted by Gasteiger charge is -2.09. The molecule has 0 aliphatic rings. The van der Waals surface area contributed by atoms with Gasteiger partial charge in [-0.3, -0.25) is 0 Å². The Labute approximate surface area is 113 Å². The number of hydrogen-bond donors (Lipinski definition) is 0. The fraction of sp³-hybridized carbons (Fsp3) is 0.333. The van der Waals surface area contributed by atoms with Crippen LogP contribution in [0.5, 0.6) is 0 Å². The van der Waals surface area contributed by atoms with Crippen LogP contribution in [0.3, 0.4) is 0 Å². The predicted molar refractivity (Wildman–Crippen MR) is 71.0 cm³/mol. The Kier molecular flexibility index (Phi) is 4.16. The Morgan fingerprint density at radius 2 is 2.33 bits per heavy atom. The average molecular weight is 286 g/mol. The minimum absolute atomic E-state index is 0.0545. The van der Waals surface area contributed by atoms with Crippen LogP contribution >= 0.6 is 22.9 Å². The van der Waals surface area contributed by atoms with E-state index in [-0.39, 0.29) is 12.7 Å². The molecule has 0 radical (unpaired) electrons. The molecule has 1 heterocycles. The lowest BCUT2D eigenvalue weighted by Crippen LogP contribution is -2.13. The Bertz CT molecular complexity index is 569. The second-order valence-electron chi connectivity index (χ2n) is 3.73. The number of nitrogens with zero attached hydrogens (tertiary/aromatic N) is 1. The lowest BCUT2D eigenvalue weighted by molar-refractivity contribution is -0.152. The Hall–Kier alpha value is -1.17. The van der Waals surface area contributed by atoms with Gasteiger partial charge in [-0.05, 0) is 25.1 Å². The summed E-state index contributed by atoms with van der Waals surface area (Å²) in [6, 6.07) is 5.51. The molecule has 4 nitrogen and oxygen atoms in total. The minimum atomic E-state index is -0.401. The predicted octanol–water partition coefficient (Wildman–Crippen LogP) is 3.20. The number of thiazole rings is 1. The monoisotopic (exact) mass is 285 g/mol. The molecule has 0 saturated carbocycles. The normalized spacial score (nSPS) is 12.6. The summed E-state index contributed by atoms with van der Waals surface area (Å²) in [7, 11) is 1.45. The summed E-state index contributed by atoms with van der Waals surface area (Å²) in [5, 5.41) is 1.39. The van der Waals surface area contributed by atoms with Crippen molar-refractivity contribution in [3.63, 3.8) is 0 Å². The van der Waals surface area contributed by atoms with E-state index in [4.69, 9.17) is 21.1 Å². The molecule has 6 heteroatoms. The van der Waals surface area contributed by atoms with E-state index in [9.17, 15) is 4.79 Å². The van der Waals surface area contributed by atoms with E-state index >= 15 is 0 Å². The summed E-state index contributed by atoms with van der Waals surface area (Å²) in [6.07, 6.45) is -0.385. The minimum Gasteiger partial charge on any atom is -0.454 e. The number of halogens is 1. The van der Waals surface area contributed by atoms with Gasteiger partial charge in [0.05, 0.1) is 10.2 Å². The SMILES string of the molecule is COCC(=O)O[C@@H](C)c1nc2cc(Cl)ccc2s1. The zero-order valence-electron chi connectivity index (χ0n) is 9.97. The number of carbonyl (C=O) groups is 1. The van der Waals surface area contributed by atoms with Crippen LogP contribution in [0.1, 0.15) is 18.0 Å². The van der Waals surface area contributed by atoms with Crippen LogP contribution in [0.4, 0.5) is 0 Å². The third-order valence-electron chi connectivity index (χ3n) is 2.28. The second-order valence-corrected chi connectivity index (χ2v) is 5.23. The van der Waals surface area contributed by atoms with Crippen molar-refractivity contribution in [2.24, 2.45) is 0 Å². The molecular formula is C12H12ClNO3S. The summed E-state index contributed by atoms with van der Waals surface area (Å²) in [6.45, 7) is 1.73. The molecule has 1 aromatic carbocycles. The van der Waals surface area contributed by atoms with Crippen LogP contribution in [0.25, 0.3) is 10.2 Å². The number of rotatable bonds is 4. The van der Waals surface area contributed by atoms with Gasteiger partial charge < -0.3 is 9.47 Å². The third kappa shape index (κ3) is 2.98. The highest BCUT2D eigenvalue weighted by molar-refractivity contribution is 7.18. The molecule has 18 heavy (non-hydrogen) atoms. The first-order valence-electron chi connectivity index (χ1n) is 5.34. The zero-order valence-corrected chi connectivity index (χ0v) is 11.5. The van der Waals surface area contributed by atoms with Gasteiger partial charge in [-0.2, -0.15) is 0 Å². The molecule has 96 valence electrons. The average Bonchev–Trinajstić information content (AvgIpc) is 2.72. The quantitative estimate of drug-likeness (QED) is 0.810. The zero-order chi connectivity index (χ0) is 13.1. The molecular weight excluding hydrogens is 274 g/mol. The largest absolute Gasteiger partial charge is 0.454 e. The summed E-state index contributed by atoms with van der Waals surface area (Å²) in [5.74, 6) is -0.401. The summed E-state index contributed by atoms with van der Waals surface area (Å²) >= 11 is 7.38. The van der Waals surface area contributed by atoms with Gasteiger partial charge >= 0.3 is 5.97 Å².